The second-order valence-electron chi connectivity index (χ2n) is 4.95. The summed E-state index contributed by atoms with van der Waals surface area (Å²) >= 11 is 0. The van der Waals surface area contributed by atoms with Gasteiger partial charge in [-0.15, -0.1) is 0 Å². The number of hydrogen-bond donors (Lipinski definition) is 0. The minimum atomic E-state index is -0.0589. The predicted molar refractivity (Wildman–Crippen MR) is 73.3 cm³/mol. The largest absolute Gasteiger partial charge is 0.341 e. The maximum absolute atomic E-state index is 12.1. The first-order valence-corrected chi connectivity index (χ1v) is 6.74. The van der Waals surface area contributed by atoms with Crippen molar-refractivity contribution in [3.63, 3.8) is 0 Å². The van der Waals surface area contributed by atoms with Crippen molar-refractivity contribution in [3.05, 3.63) is 35.9 Å². The summed E-state index contributed by atoms with van der Waals surface area (Å²) in [6.45, 7) is 3.85. The Morgan fingerprint density at radius 2 is 1.79 bits per heavy atom. The van der Waals surface area contributed by atoms with E-state index < -0.39 is 0 Å². The first kappa shape index (κ1) is 13.6. The number of benzene rings is 1. The molecular formula is C15H20N2O2. The van der Waals surface area contributed by atoms with Gasteiger partial charge in [0.2, 0.25) is 11.8 Å². The normalized spacial score (nSPS) is 14.5. The van der Waals surface area contributed by atoms with E-state index in [1.54, 1.807) is 4.90 Å². The van der Waals surface area contributed by atoms with Crippen LogP contribution in [0.3, 0.4) is 0 Å². The quantitative estimate of drug-likeness (QED) is 0.826. The van der Waals surface area contributed by atoms with Gasteiger partial charge in [0.1, 0.15) is 6.54 Å². The average molecular weight is 260 g/mol. The van der Waals surface area contributed by atoms with Crippen molar-refractivity contribution in [2.75, 3.05) is 19.6 Å². The molecule has 1 aliphatic rings. The second-order valence-corrected chi connectivity index (χ2v) is 4.95. The Balaban J connectivity index is 1.96. The number of rotatable bonds is 4. The third-order valence-corrected chi connectivity index (χ3v) is 3.45. The molecule has 0 N–H and O–H groups in total. The predicted octanol–water partition coefficient (Wildman–Crippen LogP) is 1.66. The summed E-state index contributed by atoms with van der Waals surface area (Å²) in [5.41, 5.74) is 1.05. The van der Waals surface area contributed by atoms with Crippen molar-refractivity contribution in [2.24, 2.45) is 0 Å². The molecule has 0 saturated carbocycles. The van der Waals surface area contributed by atoms with E-state index in [1.807, 2.05) is 35.2 Å². The van der Waals surface area contributed by atoms with Crippen LogP contribution in [0.15, 0.2) is 30.3 Å². The van der Waals surface area contributed by atoms with Gasteiger partial charge < -0.3 is 9.80 Å². The van der Waals surface area contributed by atoms with Gasteiger partial charge in [-0.2, -0.15) is 0 Å². The molecule has 0 unspecified atom stereocenters. The lowest BCUT2D eigenvalue weighted by Crippen LogP contribution is -2.40. The van der Waals surface area contributed by atoms with Crippen LogP contribution in [-0.4, -0.2) is 41.2 Å². The molecule has 0 spiro atoms. The SMILES string of the molecule is CC(=O)N(CC(=O)N1CCCC1)Cc1ccccc1. The van der Waals surface area contributed by atoms with Gasteiger partial charge in [-0.25, -0.2) is 0 Å². The number of likely N-dealkylation sites (tertiary alicyclic amines) is 1. The Bertz CT molecular complexity index is 439. The maximum Gasteiger partial charge on any atom is 0.242 e. The fraction of sp³-hybridized carbons (Fsp3) is 0.467. The summed E-state index contributed by atoms with van der Waals surface area (Å²) in [6.07, 6.45) is 2.15. The van der Waals surface area contributed by atoms with E-state index in [0.29, 0.717) is 6.54 Å². The van der Waals surface area contributed by atoms with Crippen molar-refractivity contribution < 1.29 is 9.59 Å². The Labute approximate surface area is 114 Å². The number of carbonyl (C=O) groups is 2. The Morgan fingerprint density at radius 3 is 2.37 bits per heavy atom. The van der Waals surface area contributed by atoms with Crippen molar-refractivity contribution >= 4 is 11.8 Å². The molecule has 1 heterocycles. The van der Waals surface area contributed by atoms with Gasteiger partial charge in [0, 0.05) is 26.6 Å². The molecule has 0 aliphatic carbocycles. The lowest BCUT2D eigenvalue weighted by molar-refractivity contribution is -0.139. The lowest BCUT2D eigenvalue weighted by Gasteiger charge is -2.24. The molecule has 1 aliphatic heterocycles. The van der Waals surface area contributed by atoms with E-state index in [0.717, 1.165) is 31.5 Å². The number of carbonyl (C=O) groups excluding carboxylic acids is 2. The van der Waals surface area contributed by atoms with Crippen LogP contribution in [0.4, 0.5) is 0 Å². The standard InChI is InChI=1S/C15H20N2O2/c1-13(18)17(11-14-7-3-2-4-8-14)12-15(19)16-9-5-6-10-16/h2-4,7-8H,5-6,9-12H2,1H3. The minimum absolute atomic E-state index is 0.0589. The second kappa shape index (κ2) is 6.36. The molecule has 2 amide bonds. The van der Waals surface area contributed by atoms with Gasteiger partial charge in [0.05, 0.1) is 0 Å². The molecule has 1 fully saturated rings. The van der Waals surface area contributed by atoms with E-state index in [9.17, 15) is 9.59 Å². The highest BCUT2D eigenvalue weighted by Crippen LogP contribution is 2.10. The molecule has 0 aromatic heterocycles. The molecule has 1 saturated heterocycles. The molecule has 1 aromatic rings. The van der Waals surface area contributed by atoms with Gasteiger partial charge in [0.15, 0.2) is 0 Å². The number of amides is 2. The highest BCUT2D eigenvalue weighted by Gasteiger charge is 2.21. The average Bonchev–Trinajstić information content (AvgIpc) is 2.93. The lowest BCUT2D eigenvalue weighted by atomic mass is 10.2. The molecule has 4 nitrogen and oxygen atoms in total. The van der Waals surface area contributed by atoms with Gasteiger partial charge in [-0.1, -0.05) is 30.3 Å². The zero-order chi connectivity index (χ0) is 13.7. The van der Waals surface area contributed by atoms with E-state index in [1.165, 1.54) is 6.92 Å². The summed E-state index contributed by atoms with van der Waals surface area (Å²) in [7, 11) is 0. The van der Waals surface area contributed by atoms with Crippen LogP contribution in [-0.2, 0) is 16.1 Å². The highest BCUT2D eigenvalue weighted by atomic mass is 16.2. The summed E-state index contributed by atoms with van der Waals surface area (Å²) in [4.78, 5) is 27.2. The van der Waals surface area contributed by atoms with Gasteiger partial charge in [-0.05, 0) is 18.4 Å². The third-order valence-electron chi connectivity index (χ3n) is 3.45. The third kappa shape index (κ3) is 3.81. The minimum Gasteiger partial charge on any atom is -0.341 e. The Hall–Kier alpha value is -1.84. The molecule has 2 rings (SSSR count). The van der Waals surface area contributed by atoms with Crippen LogP contribution in [0.5, 0.6) is 0 Å². The molecule has 0 radical (unpaired) electrons. The van der Waals surface area contributed by atoms with E-state index in [4.69, 9.17) is 0 Å². The van der Waals surface area contributed by atoms with Crippen LogP contribution in [0, 0.1) is 0 Å². The van der Waals surface area contributed by atoms with Crippen LogP contribution < -0.4 is 0 Å². The van der Waals surface area contributed by atoms with Gasteiger partial charge >= 0.3 is 0 Å². The van der Waals surface area contributed by atoms with E-state index >= 15 is 0 Å². The first-order valence-electron chi connectivity index (χ1n) is 6.74. The van der Waals surface area contributed by atoms with Crippen LogP contribution in [0.2, 0.25) is 0 Å². The molecule has 4 heteroatoms. The molecule has 102 valence electrons. The smallest absolute Gasteiger partial charge is 0.242 e. The van der Waals surface area contributed by atoms with Crippen molar-refractivity contribution in [2.45, 2.75) is 26.3 Å². The summed E-state index contributed by atoms with van der Waals surface area (Å²) in [5.74, 6) is 0.0000288. The zero-order valence-corrected chi connectivity index (χ0v) is 11.3. The molecule has 1 aromatic carbocycles. The maximum atomic E-state index is 12.1. The first-order chi connectivity index (χ1) is 9.16. The van der Waals surface area contributed by atoms with Crippen LogP contribution in [0.25, 0.3) is 0 Å². The fourth-order valence-corrected chi connectivity index (χ4v) is 2.31. The number of hydrogen-bond acceptors (Lipinski definition) is 2. The summed E-state index contributed by atoms with van der Waals surface area (Å²) in [5, 5.41) is 0. The molecule has 0 bridgehead atoms. The summed E-state index contributed by atoms with van der Waals surface area (Å²) < 4.78 is 0. The summed E-state index contributed by atoms with van der Waals surface area (Å²) in [6, 6.07) is 9.76. The van der Waals surface area contributed by atoms with Crippen molar-refractivity contribution in [1.82, 2.24) is 9.80 Å². The monoisotopic (exact) mass is 260 g/mol. The zero-order valence-electron chi connectivity index (χ0n) is 11.3. The van der Waals surface area contributed by atoms with Crippen LogP contribution >= 0.6 is 0 Å². The van der Waals surface area contributed by atoms with Gasteiger partial charge in [-0.3, -0.25) is 9.59 Å². The Morgan fingerprint density at radius 1 is 1.16 bits per heavy atom. The highest BCUT2D eigenvalue weighted by molar-refractivity contribution is 5.84. The van der Waals surface area contributed by atoms with E-state index in [2.05, 4.69) is 0 Å². The van der Waals surface area contributed by atoms with E-state index in [-0.39, 0.29) is 18.4 Å². The van der Waals surface area contributed by atoms with Crippen molar-refractivity contribution in [1.29, 1.82) is 0 Å². The Kier molecular flexibility index (Phi) is 4.55. The van der Waals surface area contributed by atoms with Crippen LogP contribution in [0.1, 0.15) is 25.3 Å². The topological polar surface area (TPSA) is 40.6 Å². The molecule has 19 heavy (non-hydrogen) atoms. The molecule has 0 atom stereocenters. The number of nitrogens with zero attached hydrogens (tertiary/aromatic N) is 2. The van der Waals surface area contributed by atoms with Gasteiger partial charge in [0.25, 0.3) is 0 Å². The van der Waals surface area contributed by atoms with Crippen molar-refractivity contribution in [3.8, 4) is 0 Å². The molecular weight excluding hydrogens is 240 g/mol. The fourth-order valence-electron chi connectivity index (χ4n) is 2.31.